The number of fused-ring (bicyclic) bond motifs is 1. The summed E-state index contributed by atoms with van der Waals surface area (Å²) in [6.07, 6.45) is 0. The Kier molecular flexibility index (Phi) is 6.33. The Hall–Kier alpha value is -2.74. The molecule has 4 rings (SSSR count). The highest BCUT2D eigenvalue weighted by Crippen LogP contribution is 2.43. The van der Waals surface area contributed by atoms with Crippen LogP contribution in [0, 0.1) is 0 Å². The number of aliphatic hydroxyl groups excluding tert-OH is 1. The Balaban J connectivity index is 1.85. The number of benzene rings is 2. The molecule has 0 aliphatic carbocycles. The van der Waals surface area contributed by atoms with E-state index in [1.807, 2.05) is 19.0 Å². The number of likely N-dealkylation sites (N-methyl/N-ethyl adjacent to an activating group) is 1. The molecule has 0 aromatic heterocycles. The Morgan fingerprint density at radius 1 is 1.09 bits per heavy atom. The second kappa shape index (κ2) is 9.02. The summed E-state index contributed by atoms with van der Waals surface area (Å²) in [5, 5.41) is 11.9. The summed E-state index contributed by atoms with van der Waals surface area (Å²) >= 11 is 12.5. The zero-order valence-corrected chi connectivity index (χ0v) is 19.1. The lowest BCUT2D eigenvalue weighted by molar-refractivity contribution is -0.140. The summed E-state index contributed by atoms with van der Waals surface area (Å²) in [5.74, 6) is -0.752. The Labute approximate surface area is 195 Å². The Morgan fingerprint density at radius 3 is 2.50 bits per heavy atom. The second-order valence-corrected chi connectivity index (χ2v) is 8.66. The molecule has 1 atom stereocenters. The molecular weight excluding hydrogens is 455 g/mol. The van der Waals surface area contributed by atoms with Crippen molar-refractivity contribution in [1.29, 1.82) is 0 Å². The van der Waals surface area contributed by atoms with E-state index in [1.165, 1.54) is 4.90 Å². The van der Waals surface area contributed by atoms with Gasteiger partial charge in [-0.3, -0.25) is 9.59 Å². The molecule has 0 radical (unpaired) electrons. The molecule has 7 nitrogen and oxygen atoms in total. The number of rotatable bonds is 5. The van der Waals surface area contributed by atoms with Gasteiger partial charge in [-0.25, -0.2) is 0 Å². The summed E-state index contributed by atoms with van der Waals surface area (Å²) in [4.78, 5) is 29.4. The average Bonchev–Trinajstić information content (AvgIpc) is 3.01. The van der Waals surface area contributed by atoms with Gasteiger partial charge in [0, 0.05) is 28.7 Å². The van der Waals surface area contributed by atoms with E-state index in [2.05, 4.69) is 0 Å². The quantitative estimate of drug-likeness (QED) is 0.402. The number of Topliss-reactive ketones (excluding diaryl/α,β-unsaturated/α-hetero) is 1. The number of hydrogen-bond acceptors (Lipinski definition) is 6. The highest BCUT2D eigenvalue weighted by Gasteiger charge is 2.46. The number of amides is 1. The van der Waals surface area contributed by atoms with E-state index in [4.69, 9.17) is 32.7 Å². The molecule has 2 aliphatic rings. The third-order valence-corrected chi connectivity index (χ3v) is 5.96. The second-order valence-electron chi connectivity index (χ2n) is 7.82. The molecular formula is C23H22Cl2N2O5. The first-order chi connectivity index (χ1) is 15.3. The van der Waals surface area contributed by atoms with Gasteiger partial charge >= 0.3 is 0 Å². The predicted molar refractivity (Wildman–Crippen MR) is 121 cm³/mol. The molecule has 2 heterocycles. The number of ether oxygens (including phenoxy) is 2. The van der Waals surface area contributed by atoms with Crippen molar-refractivity contribution in [2.24, 2.45) is 0 Å². The van der Waals surface area contributed by atoms with Gasteiger partial charge in [-0.05, 0) is 50.0 Å². The van der Waals surface area contributed by atoms with E-state index in [9.17, 15) is 14.7 Å². The molecule has 1 unspecified atom stereocenters. The number of ketones is 1. The van der Waals surface area contributed by atoms with E-state index in [-0.39, 0.29) is 17.9 Å². The van der Waals surface area contributed by atoms with Crippen molar-refractivity contribution in [1.82, 2.24) is 9.80 Å². The number of carbonyl (C=O) groups excluding carboxylic acids is 2. The lowest BCUT2D eigenvalue weighted by atomic mass is 9.95. The minimum atomic E-state index is -0.854. The highest BCUT2D eigenvalue weighted by atomic mass is 35.5. The standard InChI is InChI=1S/C23H22Cl2N2O5/c1-26(2)7-8-27-20(15-5-4-14(24)12-16(15)25)19(22(29)23(27)30)21(28)13-3-6-17-18(11-13)32-10-9-31-17/h3-6,11-12,20,28H,7-10H2,1-2H3/b21-19+. The fourth-order valence-electron chi connectivity index (χ4n) is 3.81. The van der Waals surface area contributed by atoms with Gasteiger partial charge in [-0.15, -0.1) is 0 Å². The summed E-state index contributed by atoms with van der Waals surface area (Å²) in [5.41, 5.74) is 0.817. The van der Waals surface area contributed by atoms with Crippen LogP contribution < -0.4 is 9.47 Å². The van der Waals surface area contributed by atoms with E-state index in [0.717, 1.165) is 0 Å². The number of aliphatic hydroxyl groups is 1. The number of hydrogen-bond donors (Lipinski definition) is 1. The third kappa shape index (κ3) is 4.16. The minimum Gasteiger partial charge on any atom is -0.507 e. The van der Waals surface area contributed by atoms with Crippen molar-refractivity contribution < 1.29 is 24.2 Å². The normalized spacial score (nSPS) is 19.7. The third-order valence-electron chi connectivity index (χ3n) is 5.40. The minimum absolute atomic E-state index is 0.0327. The van der Waals surface area contributed by atoms with Crippen LogP contribution in [0.3, 0.4) is 0 Å². The molecule has 1 fully saturated rings. The van der Waals surface area contributed by atoms with Gasteiger partial charge in [0.05, 0.1) is 11.6 Å². The fraction of sp³-hybridized carbons (Fsp3) is 0.304. The summed E-state index contributed by atoms with van der Waals surface area (Å²) in [6, 6.07) is 8.88. The van der Waals surface area contributed by atoms with Crippen molar-refractivity contribution >= 4 is 40.7 Å². The van der Waals surface area contributed by atoms with Crippen LogP contribution in [0.1, 0.15) is 17.2 Å². The number of halogens is 2. The number of carbonyl (C=O) groups is 2. The van der Waals surface area contributed by atoms with Crippen LogP contribution in [0.25, 0.3) is 5.76 Å². The van der Waals surface area contributed by atoms with Gasteiger partial charge in [0.1, 0.15) is 19.0 Å². The molecule has 1 amide bonds. The number of nitrogens with zero attached hydrogens (tertiary/aromatic N) is 2. The van der Waals surface area contributed by atoms with Crippen molar-refractivity contribution in [2.45, 2.75) is 6.04 Å². The van der Waals surface area contributed by atoms with Gasteiger partial charge in [0.25, 0.3) is 11.7 Å². The van der Waals surface area contributed by atoms with Crippen LogP contribution in [-0.4, -0.2) is 67.0 Å². The summed E-state index contributed by atoms with van der Waals surface area (Å²) < 4.78 is 11.1. The zero-order valence-electron chi connectivity index (χ0n) is 17.6. The smallest absolute Gasteiger partial charge is 0.295 e. The predicted octanol–water partition coefficient (Wildman–Crippen LogP) is 3.75. The van der Waals surface area contributed by atoms with Crippen LogP contribution in [0.2, 0.25) is 10.0 Å². The van der Waals surface area contributed by atoms with Crippen molar-refractivity contribution in [3.05, 3.63) is 63.1 Å². The van der Waals surface area contributed by atoms with Crippen molar-refractivity contribution in [2.75, 3.05) is 40.4 Å². The van der Waals surface area contributed by atoms with Gasteiger partial charge < -0.3 is 24.4 Å². The van der Waals surface area contributed by atoms with Gasteiger partial charge in [0.15, 0.2) is 11.5 Å². The topological polar surface area (TPSA) is 79.3 Å². The molecule has 32 heavy (non-hydrogen) atoms. The lowest BCUT2D eigenvalue weighted by Gasteiger charge is -2.27. The fourth-order valence-corrected chi connectivity index (χ4v) is 4.32. The summed E-state index contributed by atoms with van der Waals surface area (Å²) in [7, 11) is 3.74. The molecule has 0 bridgehead atoms. The maximum Gasteiger partial charge on any atom is 0.295 e. The molecule has 2 aromatic rings. The molecule has 0 saturated carbocycles. The zero-order chi connectivity index (χ0) is 23.0. The molecule has 1 N–H and O–H groups in total. The van der Waals surface area contributed by atoms with Crippen molar-refractivity contribution in [3.63, 3.8) is 0 Å². The molecule has 1 saturated heterocycles. The van der Waals surface area contributed by atoms with Crippen LogP contribution in [-0.2, 0) is 9.59 Å². The largest absolute Gasteiger partial charge is 0.507 e. The lowest BCUT2D eigenvalue weighted by Crippen LogP contribution is -2.35. The maximum absolute atomic E-state index is 13.1. The summed E-state index contributed by atoms with van der Waals surface area (Å²) in [6.45, 7) is 1.62. The number of likely N-dealkylation sites (tertiary alicyclic amines) is 1. The highest BCUT2D eigenvalue weighted by molar-refractivity contribution is 6.47. The van der Waals surface area contributed by atoms with E-state index < -0.39 is 17.7 Å². The van der Waals surface area contributed by atoms with Crippen LogP contribution >= 0.6 is 23.2 Å². The van der Waals surface area contributed by atoms with E-state index in [1.54, 1.807) is 36.4 Å². The molecule has 9 heteroatoms. The van der Waals surface area contributed by atoms with Crippen LogP contribution in [0.4, 0.5) is 0 Å². The van der Waals surface area contributed by atoms with Crippen LogP contribution in [0.5, 0.6) is 11.5 Å². The first kappa shape index (κ1) is 22.5. The van der Waals surface area contributed by atoms with Gasteiger partial charge in [0.2, 0.25) is 0 Å². The molecule has 2 aromatic carbocycles. The van der Waals surface area contributed by atoms with E-state index >= 15 is 0 Å². The molecule has 2 aliphatic heterocycles. The van der Waals surface area contributed by atoms with Crippen molar-refractivity contribution in [3.8, 4) is 11.5 Å². The first-order valence-electron chi connectivity index (χ1n) is 10.1. The van der Waals surface area contributed by atoms with Gasteiger partial charge in [-0.2, -0.15) is 0 Å². The monoisotopic (exact) mass is 476 g/mol. The van der Waals surface area contributed by atoms with E-state index in [0.29, 0.717) is 52.4 Å². The maximum atomic E-state index is 13.1. The SMILES string of the molecule is CN(C)CCN1C(=O)C(=O)/C(=C(/O)c2ccc3c(c2)OCCO3)C1c1ccc(Cl)cc1Cl. The van der Waals surface area contributed by atoms with Crippen LogP contribution in [0.15, 0.2) is 42.0 Å². The Morgan fingerprint density at radius 2 is 1.81 bits per heavy atom. The average molecular weight is 477 g/mol. The first-order valence-corrected chi connectivity index (χ1v) is 10.8. The molecule has 168 valence electrons. The molecule has 0 spiro atoms. The Bertz CT molecular complexity index is 1120. The van der Waals surface area contributed by atoms with Gasteiger partial charge in [-0.1, -0.05) is 29.3 Å².